The van der Waals surface area contributed by atoms with Gasteiger partial charge in [0.1, 0.15) is 12.4 Å². The Labute approximate surface area is 80.4 Å². The zero-order valence-electron chi connectivity index (χ0n) is 7.60. The summed E-state index contributed by atoms with van der Waals surface area (Å²) in [4.78, 5) is 9.90. The van der Waals surface area contributed by atoms with Crippen LogP contribution in [0.3, 0.4) is 0 Å². The average Bonchev–Trinajstić information content (AvgIpc) is 2.84. The normalized spacial score (nSPS) is 24.4. The summed E-state index contributed by atoms with van der Waals surface area (Å²) in [7, 11) is 0. The minimum atomic E-state index is -0.532. The molecule has 0 unspecified atom stereocenters. The average molecular weight is 195 g/mol. The lowest BCUT2D eigenvalue weighted by Crippen LogP contribution is -2.14. The van der Waals surface area contributed by atoms with Gasteiger partial charge in [-0.2, -0.15) is 0 Å². The van der Waals surface area contributed by atoms with Crippen LogP contribution < -0.4 is 4.74 Å². The number of ether oxygens (including phenoxy) is 2. The fourth-order valence-electron chi connectivity index (χ4n) is 1.05. The highest BCUT2D eigenvalue weighted by Crippen LogP contribution is 2.30. The summed E-state index contributed by atoms with van der Waals surface area (Å²) in [6.07, 6.45) is 0. The van der Waals surface area contributed by atoms with E-state index in [1.165, 1.54) is 12.1 Å². The van der Waals surface area contributed by atoms with Crippen molar-refractivity contribution in [1.29, 1.82) is 0 Å². The van der Waals surface area contributed by atoms with Crippen LogP contribution in [0.25, 0.3) is 0 Å². The highest BCUT2D eigenvalue weighted by Gasteiger charge is 2.42. The van der Waals surface area contributed by atoms with E-state index < -0.39 is 10.7 Å². The van der Waals surface area contributed by atoms with Crippen LogP contribution >= 0.6 is 0 Å². The molecule has 0 aliphatic carbocycles. The molecule has 0 radical (unpaired) electrons. The van der Waals surface area contributed by atoms with Crippen molar-refractivity contribution in [3.63, 3.8) is 0 Å². The summed E-state index contributed by atoms with van der Waals surface area (Å²) in [6, 6.07) is 5.93. The third-order valence-corrected chi connectivity index (χ3v) is 1.93. The maximum Gasteiger partial charge on any atom is 0.269 e. The molecule has 5 heteroatoms. The SMILES string of the molecule is C[C@]1(Oc2ccc([N+](=O)[O-])cc2)CO1. The zero-order chi connectivity index (χ0) is 10.2. The number of nitro benzene ring substituents is 1. The van der Waals surface area contributed by atoms with E-state index in [0.717, 1.165) is 0 Å². The van der Waals surface area contributed by atoms with Gasteiger partial charge in [-0.15, -0.1) is 0 Å². The number of hydrogen-bond acceptors (Lipinski definition) is 4. The smallest absolute Gasteiger partial charge is 0.269 e. The maximum atomic E-state index is 10.3. The summed E-state index contributed by atoms with van der Waals surface area (Å²) in [5, 5.41) is 10.3. The minimum Gasteiger partial charge on any atom is -0.460 e. The van der Waals surface area contributed by atoms with Crippen molar-refractivity contribution in [3.05, 3.63) is 34.4 Å². The number of nitrogens with zero attached hydrogens (tertiary/aromatic N) is 1. The standard InChI is InChI=1S/C9H9NO4/c1-9(6-13-9)14-8-4-2-7(3-5-8)10(11)12/h2-5H,6H2,1H3/t9-/m0/s1. The molecule has 1 saturated heterocycles. The number of epoxide rings is 1. The van der Waals surface area contributed by atoms with E-state index in [4.69, 9.17) is 9.47 Å². The van der Waals surface area contributed by atoms with Crippen molar-refractivity contribution in [2.45, 2.75) is 12.7 Å². The summed E-state index contributed by atoms with van der Waals surface area (Å²) in [5.41, 5.74) is 0.0548. The van der Waals surface area contributed by atoms with Crippen molar-refractivity contribution >= 4 is 5.69 Å². The molecule has 0 amide bonds. The molecule has 0 bridgehead atoms. The van der Waals surface area contributed by atoms with Crippen LogP contribution in [0.5, 0.6) is 5.75 Å². The van der Waals surface area contributed by atoms with Crippen LogP contribution in [0.15, 0.2) is 24.3 Å². The Hall–Kier alpha value is -1.62. The maximum absolute atomic E-state index is 10.3. The fraction of sp³-hybridized carbons (Fsp3) is 0.333. The Bertz CT molecular complexity index is 356. The molecule has 0 spiro atoms. The van der Waals surface area contributed by atoms with Gasteiger partial charge in [-0.05, 0) is 12.1 Å². The number of non-ortho nitro benzene ring substituents is 1. The molecule has 1 fully saturated rings. The molecule has 1 aromatic rings. The van der Waals surface area contributed by atoms with Crippen LogP contribution in [-0.2, 0) is 4.74 Å². The van der Waals surface area contributed by atoms with E-state index >= 15 is 0 Å². The quantitative estimate of drug-likeness (QED) is 0.418. The van der Waals surface area contributed by atoms with E-state index in [2.05, 4.69) is 0 Å². The minimum absolute atomic E-state index is 0.0548. The van der Waals surface area contributed by atoms with Crippen molar-refractivity contribution in [3.8, 4) is 5.75 Å². The molecule has 0 aromatic heterocycles. The van der Waals surface area contributed by atoms with Gasteiger partial charge in [0, 0.05) is 19.1 Å². The molecule has 1 aliphatic rings. The van der Waals surface area contributed by atoms with Gasteiger partial charge in [-0.25, -0.2) is 0 Å². The van der Waals surface area contributed by atoms with Gasteiger partial charge >= 0.3 is 0 Å². The van der Waals surface area contributed by atoms with Gasteiger partial charge in [0.2, 0.25) is 5.79 Å². The molecule has 74 valence electrons. The highest BCUT2D eigenvalue weighted by atomic mass is 16.8. The van der Waals surface area contributed by atoms with Crippen molar-refractivity contribution < 1.29 is 14.4 Å². The van der Waals surface area contributed by atoms with Crippen LogP contribution in [0.4, 0.5) is 5.69 Å². The fourth-order valence-corrected chi connectivity index (χ4v) is 1.05. The highest BCUT2D eigenvalue weighted by molar-refractivity contribution is 5.36. The van der Waals surface area contributed by atoms with E-state index in [-0.39, 0.29) is 5.69 Å². The second-order valence-electron chi connectivity index (χ2n) is 3.28. The topological polar surface area (TPSA) is 64.9 Å². The summed E-state index contributed by atoms with van der Waals surface area (Å²) in [6.45, 7) is 2.37. The predicted molar refractivity (Wildman–Crippen MR) is 48.1 cm³/mol. The lowest BCUT2D eigenvalue weighted by Gasteiger charge is -2.08. The second kappa shape index (κ2) is 2.95. The first-order valence-corrected chi connectivity index (χ1v) is 4.16. The molecule has 5 nitrogen and oxygen atoms in total. The van der Waals surface area contributed by atoms with Gasteiger partial charge in [0.25, 0.3) is 5.69 Å². The summed E-state index contributed by atoms with van der Waals surface area (Å²) < 4.78 is 10.4. The van der Waals surface area contributed by atoms with Crippen LogP contribution in [0.1, 0.15) is 6.92 Å². The predicted octanol–water partition coefficient (Wildman–Crippen LogP) is 1.72. The number of rotatable bonds is 3. The zero-order valence-corrected chi connectivity index (χ0v) is 7.60. The van der Waals surface area contributed by atoms with E-state index in [1.54, 1.807) is 12.1 Å². The van der Waals surface area contributed by atoms with Crippen LogP contribution in [0.2, 0.25) is 0 Å². The Balaban J connectivity index is 2.10. The van der Waals surface area contributed by atoms with Gasteiger partial charge in [0.15, 0.2) is 0 Å². The lowest BCUT2D eigenvalue weighted by atomic mass is 10.3. The molecule has 14 heavy (non-hydrogen) atoms. The molecule has 1 aliphatic heterocycles. The Morgan fingerprint density at radius 2 is 2.07 bits per heavy atom. The molecule has 1 atom stereocenters. The molecule has 1 heterocycles. The Kier molecular flexibility index (Phi) is 1.89. The molecular formula is C9H9NO4. The van der Waals surface area contributed by atoms with Crippen molar-refractivity contribution in [2.24, 2.45) is 0 Å². The molecule has 0 N–H and O–H groups in total. The first kappa shape index (κ1) is 8.96. The number of nitro groups is 1. The first-order chi connectivity index (χ1) is 6.59. The number of hydrogen-bond donors (Lipinski definition) is 0. The van der Waals surface area contributed by atoms with E-state index in [1.807, 2.05) is 6.92 Å². The van der Waals surface area contributed by atoms with Gasteiger partial charge in [0.05, 0.1) is 4.92 Å². The van der Waals surface area contributed by atoms with Gasteiger partial charge in [-0.3, -0.25) is 10.1 Å². The van der Waals surface area contributed by atoms with Gasteiger partial charge < -0.3 is 9.47 Å². The molecule has 0 saturated carbocycles. The molecular weight excluding hydrogens is 186 g/mol. The van der Waals surface area contributed by atoms with Crippen LogP contribution in [-0.4, -0.2) is 17.3 Å². The second-order valence-corrected chi connectivity index (χ2v) is 3.28. The molecule has 2 rings (SSSR count). The monoisotopic (exact) mass is 195 g/mol. The van der Waals surface area contributed by atoms with Crippen molar-refractivity contribution in [2.75, 3.05) is 6.61 Å². The Morgan fingerprint density at radius 1 is 1.50 bits per heavy atom. The summed E-state index contributed by atoms with van der Waals surface area (Å²) >= 11 is 0. The third kappa shape index (κ3) is 1.82. The number of benzene rings is 1. The summed E-state index contributed by atoms with van der Waals surface area (Å²) in [5.74, 6) is 0.0476. The van der Waals surface area contributed by atoms with Crippen LogP contribution in [0, 0.1) is 10.1 Å². The first-order valence-electron chi connectivity index (χ1n) is 4.16. The molecule has 1 aromatic carbocycles. The van der Waals surface area contributed by atoms with E-state index in [9.17, 15) is 10.1 Å². The lowest BCUT2D eigenvalue weighted by molar-refractivity contribution is -0.384. The van der Waals surface area contributed by atoms with Gasteiger partial charge in [-0.1, -0.05) is 0 Å². The van der Waals surface area contributed by atoms with Crippen molar-refractivity contribution in [1.82, 2.24) is 0 Å². The van der Waals surface area contributed by atoms with E-state index in [0.29, 0.717) is 12.4 Å². The third-order valence-electron chi connectivity index (χ3n) is 1.93. The Morgan fingerprint density at radius 3 is 2.50 bits per heavy atom. The largest absolute Gasteiger partial charge is 0.460 e.